The molecule has 148 valence electrons. The standard InChI is InChI=1S/C19H19N7O2S/c1-29(27,28)26-6-4-12(5-7-26)17-9-15-18(20-11-21-19(15)24-17)23-14-2-3-16-13(8-14)10-22-25-16/h2-4,8-11H,5-7H2,1H3,(H,22,25)(H2,20,21,23,24). The molecule has 4 aromatic rings. The van der Waals surface area contributed by atoms with E-state index in [0.29, 0.717) is 25.3 Å². The third-order valence-corrected chi connectivity index (χ3v) is 6.39. The van der Waals surface area contributed by atoms with Gasteiger partial charge in [0, 0.05) is 29.9 Å². The molecule has 0 aliphatic carbocycles. The second-order valence-corrected chi connectivity index (χ2v) is 9.05. The van der Waals surface area contributed by atoms with Crippen LogP contribution in [0.2, 0.25) is 0 Å². The van der Waals surface area contributed by atoms with Crippen molar-refractivity contribution in [2.24, 2.45) is 0 Å². The maximum absolute atomic E-state index is 11.7. The van der Waals surface area contributed by atoms with Crippen molar-refractivity contribution in [3.63, 3.8) is 0 Å². The number of benzene rings is 1. The minimum atomic E-state index is -3.17. The monoisotopic (exact) mass is 409 g/mol. The first-order valence-corrected chi connectivity index (χ1v) is 11.0. The molecule has 0 bridgehead atoms. The van der Waals surface area contributed by atoms with Gasteiger partial charge in [0.1, 0.15) is 17.8 Å². The average Bonchev–Trinajstić information content (AvgIpc) is 3.34. The fourth-order valence-electron chi connectivity index (χ4n) is 3.57. The summed E-state index contributed by atoms with van der Waals surface area (Å²) in [5.74, 6) is 0.703. The molecule has 3 N–H and O–H groups in total. The predicted octanol–water partition coefficient (Wildman–Crippen LogP) is 2.63. The Labute approximate surface area is 166 Å². The van der Waals surface area contributed by atoms with Gasteiger partial charge in [0.2, 0.25) is 10.0 Å². The first-order valence-electron chi connectivity index (χ1n) is 9.16. The lowest BCUT2D eigenvalue weighted by Crippen LogP contribution is -2.33. The van der Waals surface area contributed by atoms with Gasteiger partial charge in [-0.1, -0.05) is 6.08 Å². The highest BCUT2D eigenvalue weighted by Gasteiger charge is 2.21. The van der Waals surface area contributed by atoms with Gasteiger partial charge in [0.25, 0.3) is 0 Å². The molecule has 0 saturated heterocycles. The zero-order valence-corrected chi connectivity index (χ0v) is 16.5. The van der Waals surface area contributed by atoms with Gasteiger partial charge in [-0.05, 0) is 36.3 Å². The lowest BCUT2D eigenvalue weighted by molar-refractivity contribution is 0.445. The molecular weight excluding hydrogens is 390 g/mol. The van der Waals surface area contributed by atoms with Crippen LogP contribution in [0.3, 0.4) is 0 Å². The van der Waals surface area contributed by atoms with Crippen LogP contribution in [0.4, 0.5) is 11.5 Å². The molecule has 10 heteroatoms. The molecule has 1 aliphatic heterocycles. The van der Waals surface area contributed by atoms with Crippen molar-refractivity contribution < 1.29 is 8.42 Å². The Morgan fingerprint density at radius 2 is 2.10 bits per heavy atom. The zero-order valence-electron chi connectivity index (χ0n) is 15.7. The molecule has 9 nitrogen and oxygen atoms in total. The zero-order chi connectivity index (χ0) is 20.0. The molecule has 3 aromatic heterocycles. The second kappa shape index (κ2) is 6.68. The van der Waals surface area contributed by atoms with Gasteiger partial charge in [-0.15, -0.1) is 0 Å². The maximum atomic E-state index is 11.7. The molecule has 0 unspecified atom stereocenters. The predicted molar refractivity (Wildman–Crippen MR) is 112 cm³/mol. The third kappa shape index (κ3) is 3.36. The molecule has 0 amide bonds. The van der Waals surface area contributed by atoms with Crippen LogP contribution in [0.15, 0.2) is 42.9 Å². The summed E-state index contributed by atoms with van der Waals surface area (Å²) in [5, 5.41) is 12.2. The average molecular weight is 409 g/mol. The fraction of sp³-hybridized carbons (Fsp3) is 0.211. The number of hydrogen-bond acceptors (Lipinski definition) is 6. The van der Waals surface area contributed by atoms with E-state index < -0.39 is 10.0 Å². The number of nitrogens with one attached hydrogen (secondary N) is 3. The van der Waals surface area contributed by atoms with Crippen molar-refractivity contribution in [3.05, 3.63) is 48.6 Å². The van der Waals surface area contributed by atoms with Crippen LogP contribution in [0.25, 0.3) is 27.5 Å². The van der Waals surface area contributed by atoms with E-state index in [-0.39, 0.29) is 0 Å². The highest BCUT2D eigenvalue weighted by molar-refractivity contribution is 7.88. The summed E-state index contributed by atoms with van der Waals surface area (Å²) in [4.78, 5) is 12.1. The summed E-state index contributed by atoms with van der Waals surface area (Å²) in [6.07, 6.45) is 7.13. The van der Waals surface area contributed by atoms with Crippen LogP contribution in [0, 0.1) is 0 Å². The molecule has 5 rings (SSSR count). The van der Waals surface area contributed by atoms with Gasteiger partial charge < -0.3 is 10.3 Å². The number of anilines is 2. The van der Waals surface area contributed by atoms with Crippen molar-refractivity contribution in [2.75, 3.05) is 24.7 Å². The Morgan fingerprint density at radius 1 is 1.21 bits per heavy atom. The molecule has 0 radical (unpaired) electrons. The van der Waals surface area contributed by atoms with E-state index in [1.54, 1.807) is 6.20 Å². The van der Waals surface area contributed by atoms with Gasteiger partial charge in [-0.25, -0.2) is 18.4 Å². The van der Waals surface area contributed by atoms with Gasteiger partial charge in [-0.2, -0.15) is 9.40 Å². The molecular formula is C19H19N7O2S. The molecule has 1 aromatic carbocycles. The topological polar surface area (TPSA) is 120 Å². The number of aromatic nitrogens is 5. The number of H-pyrrole nitrogens is 2. The largest absolute Gasteiger partial charge is 0.340 e. The summed E-state index contributed by atoms with van der Waals surface area (Å²) in [5.41, 5.74) is 4.62. The molecule has 0 spiro atoms. The van der Waals surface area contributed by atoms with Crippen molar-refractivity contribution in [1.29, 1.82) is 0 Å². The van der Waals surface area contributed by atoms with E-state index in [1.807, 2.05) is 30.3 Å². The van der Waals surface area contributed by atoms with Crippen LogP contribution in [-0.2, 0) is 10.0 Å². The number of rotatable bonds is 4. The molecule has 4 heterocycles. The van der Waals surface area contributed by atoms with E-state index in [2.05, 4.69) is 30.5 Å². The van der Waals surface area contributed by atoms with Crippen LogP contribution in [0.1, 0.15) is 12.1 Å². The summed E-state index contributed by atoms with van der Waals surface area (Å²) in [6, 6.07) is 7.94. The van der Waals surface area contributed by atoms with E-state index in [4.69, 9.17) is 0 Å². The smallest absolute Gasteiger partial charge is 0.211 e. The minimum absolute atomic E-state index is 0.380. The lowest BCUT2D eigenvalue weighted by atomic mass is 10.1. The van der Waals surface area contributed by atoms with Crippen molar-refractivity contribution in [2.45, 2.75) is 6.42 Å². The van der Waals surface area contributed by atoms with Crippen LogP contribution < -0.4 is 5.32 Å². The Kier molecular flexibility index (Phi) is 4.10. The van der Waals surface area contributed by atoms with Crippen molar-refractivity contribution in [1.82, 2.24) is 29.5 Å². The Morgan fingerprint density at radius 3 is 2.90 bits per heavy atom. The number of sulfonamides is 1. The second-order valence-electron chi connectivity index (χ2n) is 7.06. The molecule has 29 heavy (non-hydrogen) atoms. The SMILES string of the molecule is CS(=O)(=O)N1CC=C(c2cc3c(Nc4ccc5[nH]ncc5c4)ncnc3[nH]2)CC1. The van der Waals surface area contributed by atoms with Crippen LogP contribution in [-0.4, -0.2) is 57.2 Å². The van der Waals surface area contributed by atoms with Crippen LogP contribution >= 0.6 is 0 Å². The molecule has 0 saturated carbocycles. The Hall–Kier alpha value is -3.24. The number of aromatic amines is 2. The quantitative estimate of drug-likeness (QED) is 0.477. The molecule has 0 fully saturated rings. The number of hydrogen-bond donors (Lipinski definition) is 3. The van der Waals surface area contributed by atoms with Crippen molar-refractivity contribution >= 4 is 49.0 Å². The van der Waals surface area contributed by atoms with Gasteiger partial charge >= 0.3 is 0 Å². The van der Waals surface area contributed by atoms with Crippen LogP contribution in [0.5, 0.6) is 0 Å². The Balaban J connectivity index is 1.46. The first kappa shape index (κ1) is 17.8. The fourth-order valence-corrected chi connectivity index (χ4v) is 4.33. The van der Waals surface area contributed by atoms with Gasteiger partial charge in [0.05, 0.1) is 23.4 Å². The third-order valence-electron chi connectivity index (χ3n) is 5.12. The van der Waals surface area contributed by atoms with Crippen molar-refractivity contribution in [3.8, 4) is 0 Å². The minimum Gasteiger partial charge on any atom is -0.340 e. The number of fused-ring (bicyclic) bond motifs is 2. The number of nitrogens with zero attached hydrogens (tertiary/aromatic N) is 4. The Bertz CT molecular complexity index is 1350. The van der Waals surface area contributed by atoms with Gasteiger partial charge in [0.15, 0.2) is 0 Å². The maximum Gasteiger partial charge on any atom is 0.211 e. The first-order chi connectivity index (χ1) is 14.0. The van der Waals surface area contributed by atoms with Gasteiger partial charge in [-0.3, -0.25) is 5.10 Å². The normalized spacial score (nSPS) is 15.7. The highest BCUT2D eigenvalue weighted by Crippen LogP contribution is 2.30. The molecule has 0 atom stereocenters. The molecule has 1 aliphatic rings. The van der Waals surface area contributed by atoms with E-state index in [9.17, 15) is 8.42 Å². The highest BCUT2D eigenvalue weighted by atomic mass is 32.2. The van der Waals surface area contributed by atoms with E-state index >= 15 is 0 Å². The van der Waals surface area contributed by atoms with E-state index in [0.717, 1.165) is 38.9 Å². The lowest BCUT2D eigenvalue weighted by Gasteiger charge is -2.23. The van der Waals surface area contributed by atoms with E-state index in [1.165, 1.54) is 16.9 Å². The summed E-state index contributed by atoms with van der Waals surface area (Å²) >= 11 is 0. The summed E-state index contributed by atoms with van der Waals surface area (Å²) in [6.45, 7) is 0.854. The summed E-state index contributed by atoms with van der Waals surface area (Å²) < 4.78 is 24.9. The summed E-state index contributed by atoms with van der Waals surface area (Å²) in [7, 11) is -3.17.